The van der Waals surface area contributed by atoms with Crippen LogP contribution >= 0.6 is 30.5 Å². The zero-order chi connectivity index (χ0) is 23.6. The third-order valence-corrected chi connectivity index (χ3v) is 12.3. The second kappa shape index (κ2) is 9.74. The first-order valence-electron chi connectivity index (χ1n) is 10.6. The summed E-state index contributed by atoms with van der Waals surface area (Å²) in [5, 5.41) is 3.89. The number of carbonyl (C=O) groups is 1. The van der Waals surface area contributed by atoms with E-state index < -0.39 is 34.3 Å². The summed E-state index contributed by atoms with van der Waals surface area (Å²) < 4.78 is 32.8. The Hall–Kier alpha value is -1.94. The number of amides is 1. The molecule has 1 amide bonds. The van der Waals surface area contributed by atoms with Gasteiger partial charge in [0.25, 0.3) is 0 Å². The standard InChI is InChI=1S/C25H26ClIN2O3S/c1-27-22(18-8-14-21(15-9-18)33(31,32)28-2)6-5-7-23(27)29-24(30)25(16-3-4-17-25)19-10-12-20(26)13-11-19/h5-15,28H,1,3-4,16-17H2,2H3,(H,29,30). The maximum atomic E-state index is 13.6. The number of nitrogens with one attached hydrogen (secondary N) is 2. The maximum absolute atomic E-state index is 13.6. The number of hydrogen-bond acceptors (Lipinski definition) is 3. The van der Waals surface area contributed by atoms with E-state index in [2.05, 4.69) is 14.6 Å². The van der Waals surface area contributed by atoms with Gasteiger partial charge in [-0.2, -0.15) is 0 Å². The first-order chi connectivity index (χ1) is 15.8. The number of carbonyl (C=O) groups excluding carboxylic acids is 1. The lowest BCUT2D eigenvalue weighted by Crippen LogP contribution is -2.41. The number of benzene rings is 2. The minimum atomic E-state index is -3.49. The quantitative estimate of drug-likeness (QED) is 0.374. The summed E-state index contributed by atoms with van der Waals surface area (Å²) in [5.74, 6) is 0.0182. The fourth-order valence-electron chi connectivity index (χ4n) is 4.34. The molecule has 0 spiro atoms. The van der Waals surface area contributed by atoms with Gasteiger partial charge in [0.15, 0.2) is 0 Å². The molecule has 8 heteroatoms. The minimum Gasteiger partial charge on any atom is -0.321 e. The first-order valence-corrected chi connectivity index (χ1v) is 16.2. The van der Waals surface area contributed by atoms with Gasteiger partial charge >= 0.3 is 0 Å². The van der Waals surface area contributed by atoms with E-state index in [9.17, 15) is 13.2 Å². The summed E-state index contributed by atoms with van der Waals surface area (Å²) in [6.45, 7) is 0. The lowest BCUT2D eigenvalue weighted by atomic mass is 9.78. The van der Waals surface area contributed by atoms with Crippen molar-refractivity contribution in [3.05, 3.63) is 86.6 Å². The Morgan fingerprint density at radius 1 is 1.06 bits per heavy atom. The van der Waals surface area contributed by atoms with E-state index in [1.54, 1.807) is 24.3 Å². The molecule has 0 radical (unpaired) electrons. The molecule has 2 N–H and O–H groups in total. The van der Waals surface area contributed by atoms with Crippen LogP contribution in [-0.4, -0.2) is 29.4 Å². The van der Waals surface area contributed by atoms with Gasteiger partial charge in [-0.05, 0) is 67.4 Å². The summed E-state index contributed by atoms with van der Waals surface area (Å²) in [6.07, 6.45) is 9.54. The number of sulfonamides is 1. The molecule has 0 unspecified atom stereocenters. The Morgan fingerprint density at radius 2 is 1.70 bits per heavy atom. The average Bonchev–Trinajstić information content (AvgIpc) is 3.32. The van der Waals surface area contributed by atoms with E-state index >= 15 is 0 Å². The Bertz CT molecular complexity index is 1310. The van der Waals surface area contributed by atoms with Crippen LogP contribution in [0.2, 0.25) is 5.02 Å². The van der Waals surface area contributed by atoms with E-state index in [4.69, 9.17) is 11.6 Å². The van der Waals surface area contributed by atoms with Crippen molar-refractivity contribution >= 4 is 54.4 Å². The average molecular weight is 597 g/mol. The van der Waals surface area contributed by atoms with Crippen LogP contribution in [0.5, 0.6) is 0 Å². The maximum Gasteiger partial charge on any atom is 0.240 e. The third kappa shape index (κ3) is 4.82. The Morgan fingerprint density at radius 3 is 2.30 bits per heavy atom. The highest BCUT2D eigenvalue weighted by Crippen LogP contribution is 2.42. The number of rotatable bonds is 6. The molecule has 2 aromatic carbocycles. The molecule has 33 heavy (non-hydrogen) atoms. The molecule has 1 aliphatic carbocycles. The van der Waals surface area contributed by atoms with Crippen molar-refractivity contribution in [2.45, 2.75) is 36.0 Å². The molecule has 1 saturated carbocycles. The fourth-order valence-corrected chi connectivity index (χ4v) is 8.79. The van der Waals surface area contributed by atoms with Crippen LogP contribution in [0, 0.1) is 0 Å². The van der Waals surface area contributed by atoms with Crippen molar-refractivity contribution in [1.82, 2.24) is 10.0 Å². The zero-order valence-corrected chi connectivity index (χ0v) is 22.0. The number of halogens is 2. The Kier molecular flexibility index (Phi) is 7.14. The highest BCUT2D eigenvalue weighted by molar-refractivity contribution is 14.2. The summed E-state index contributed by atoms with van der Waals surface area (Å²) in [4.78, 5) is 13.8. The predicted octanol–water partition coefficient (Wildman–Crippen LogP) is 4.75. The van der Waals surface area contributed by atoms with Gasteiger partial charge in [0.2, 0.25) is 15.9 Å². The van der Waals surface area contributed by atoms with Crippen molar-refractivity contribution in [3.8, 4) is 0 Å². The molecule has 1 fully saturated rings. The van der Waals surface area contributed by atoms with Crippen LogP contribution in [0.4, 0.5) is 0 Å². The van der Waals surface area contributed by atoms with Crippen molar-refractivity contribution in [3.63, 3.8) is 0 Å². The molecule has 0 aromatic heterocycles. The molecule has 2 aromatic rings. The molecule has 174 valence electrons. The Labute approximate surface area is 206 Å². The van der Waals surface area contributed by atoms with Crippen LogP contribution < -0.4 is 10.0 Å². The highest BCUT2D eigenvalue weighted by Gasteiger charge is 2.42. The van der Waals surface area contributed by atoms with Crippen LogP contribution in [0.15, 0.2) is 75.4 Å². The van der Waals surface area contributed by atoms with Crippen molar-refractivity contribution in [2.24, 2.45) is 0 Å². The molecule has 0 saturated heterocycles. The smallest absolute Gasteiger partial charge is 0.240 e. The third-order valence-electron chi connectivity index (χ3n) is 6.21. The summed E-state index contributed by atoms with van der Waals surface area (Å²) in [5.41, 5.74) is 1.38. The van der Waals surface area contributed by atoms with E-state index in [0.29, 0.717) is 5.02 Å². The van der Waals surface area contributed by atoms with Gasteiger partial charge in [0.1, 0.15) is 0 Å². The molecule has 1 heterocycles. The summed E-state index contributed by atoms with van der Waals surface area (Å²) >= 11 is 3.94. The van der Waals surface area contributed by atoms with Gasteiger partial charge in [-0.3, -0.25) is 4.79 Å². The summed E-state index contributed by atoms with van der Waals surface area (Å²) in [7, 11) is -2.10. The highest BCUT2D eigenvalue weighted by atomic mass is 127. The van der Waals surface area contributed by atoms with E-state index in [-0.39, 0.29) is 10.8 Å². The topological polar surface area (TPSA) is 75.3 Å². The first kappa shape index (κ1) is 24.2. The summed E-state index contributed by atoms with van der Waals surface area (Å²) in [6, 6.07) is 14.4. The van der Waals surface area contributed by atoms with Crippen molar-refractivity contribution in [2.75, 3.05) is 7.05 Å². The molecule has 4 rings (SSSR count). The molecular formula is C25H26ClIN2O3S. The van der Waals surface area contributed by atoms with E-state index in [0.717, 1.165) is 44.0 Å². The van der Waals surface area contributed by atoms with Crippen LogP contribution in [0.1, 0.15) is 36.8 Å². The van der Waals surface area contributed by atoms with Crippen LogP contribution in [0.3, 0.4) is 0 Å². The second-order valence-corrected chi connectivity index (χ2v) is 14.8. The monoisotopic (exact) mass is 596 g/mol. The van der Waals surface area contributed by atoms with Crippen molar-refractivity contribution < 1.29 is 13.2 Å². The largest absolute Gasteiger partial charge is 0.321 e. The zero-order valence-electron chi connectivity index (χ0n) is 18.3. The molecular weight excluding hydrogens is 571 g/mol. The molecule has 0 atom stereocenters. The molecule has 0 bridgehead atoms. The van der Waals surface area contributed by atoms with Crippen molar-refractivity contribution in [1.29, 1.82) is 0 Å². The Balaban J connectivity index is 1.62. The second-order valence-electron chi connectivity index (χ2n) is 8.07. The SMILES string of the molecule is C=I1=C(c2ccc(S(=O)(=O)NC)cc2)C=CC=C1NC(=O)C1(c2ccc(Cl)cc2)CCCC1. The van der Waals surface area contributed by atoms with Gasteiger partial charge in [0, 0.05) is 8.53 Å². The fraction of sp³-hybridized carbons (Fsp3) is 0.240. The molecule has 1 aliphatic heterocycles. The van der Waals surface area contributed by atoms with Crippen LogP contribution in [0.25, 0.3) is 0 Å². The lowest BCUT2D eigenvalue weighted by molar-refractivity contribution is -0.125. The van der Waals surface area contributed by atoms with Gasteiger partial charge < -0.3 is 5.32 Å². The number of allylic oxidation sites excluding steroid dienone is 3. The lowest BCUT2D eigenvalue weighted by Gasteiger charge is -2.29. The molecule has 5 nitrogen and oxygen atoms in total. The van der Waals surface area contributed by atoms with Gasteiger partial charge in [-0.25, -0.2) is 13.1 Å². The normalized spacial score (nSPS) is 18.2. The number of hydrogen-bond donors (Lipinski definition) is 2. The minimum absolute atomic E-state index is 0.0182. The molecule has 2 aliphatic rings. The predicted molar refractivity (Wildman–Crippen MR) is 145 cm³/mol. The van der Waals surface area contributed by atoms with Crippen LogP contribution in [-0.2, 0) is 20.2 Å². The van der Waals surface area contributed by atoms with E-state index in [1.165, 1.54) is 7.05 Å². The van der Waals surface area contributed by atoms with E-state index in [1.807, 2.05) is 42.5 Å². The van der Waals surface area contributed by atoms with Gasteiger partial charge in [-0.1, -0.05) is 78.2 Å². The van der Waals surface area contributed by atoms with Gasteiger partial charge in [0.05, 0.1) is 14.0 Å². The van der Waals surface area contributed by atoms with Gasteiger partial charge in [-0.15, -0.1) is 0 Å².